The van der Waals surface area contributed by atoms with E-state index in [1.165, 1.54) is 11.8 Å². The molecule has 32 heavy (non-hydrogen) atoms. The maximum atomic E-state index is 12.7. The van der Waals surface area contributed by atoms with E-state index in [-0.39, 0.29) is 11.7 Å². The molecule has 4 aromatic rings. The van der Waals surface area contributed by atoms with Crippen LogP contribution in [0, 0.1) is 0 Å². The number of anilines is 1. The average molecular weight is 486 g/mol. The Bertz CT molecular complexity index is 1350. The number of nitrogens with zero attached hydrogens (tertiary/aromatic N) is 2. The summed E-state index contributed by atoms with van der Waals surface area (Å²) in [5.41, 5.74) is 7.21. The van der Waals surface area contributed by atoms with Crippen molar-refractivity contribution in [2.45, 2.75) is 13.1 Å². The van der Waals surface area contributed by atoms with Gasteiger partial charge in [0.15, 0.2) is 0 Å². The Hall–Kier alpha value is -3.64. The molecular weight excluding hydrogens is 466 g/mol. The van der Waals surface area contributed by atoms with E-state index in [0.717, 1.165) is 39.6 Å². The van der Waals surface area contributed by atoms with Crippen molar-refractivity contribution in [3.63, 3.8) is 0 Å². The highest BCUT2D eigenvalue weighted by Gasteiger charge is 2.20. The van der Waals surface area contributed by atoms with Gasteiger partial charge < -0.3 is 10.0 Å². The minimum Gasteiger partial charge on any atom is -0.507 e. The number of halogens is 1. The van der Waals surface area contributed by atoms with Gasteiger partial charge in [0.2, 0.25) is 0 Å². The monoisotopic (exact) mass is 485 g/mol. The molecular formula is C26H20BrN3O2. The summed E-state index contributed by atoms with van der Waals surface area (Å²) < 4.78 is 1.05. The lowest BCUT2D eigenvalue weighted by Gasteiger charge is -2.17. The summed E-state index contributed by atoms with van der Waals surface area (Å²) in [5.74, 6) is -0.168. The molecule has 5 rings (SSSR count). The Balaban J connectivity index is 1.30. The first kappa shape index (κ1) is 20.3. The van der Waals surface area contributed by atoms with E-state index in [2.05, 4.69) is 43.5 Å². The van der Waals surface area contributed by atoms with Gasteiger partial charge in [0.1, 0.15) is 5.75 Å². The van der Waals surface area contributed by atoms with Gasteiger partial charge in [-0.3, -0.25) is 4.79 Å². The molecule has 1 aliphatic heterocycles. The number of phenols is 1. The number of phenolic OH excluding ortho intramolecular Hbond substituents is 1. The largest absolute Gasteiger partial charge is 0.507 e. The van der Waals surface area contributed by atoms with Crippen molar-refractivity contribution in [2.75, 3.05) is 4.90 Å². The molecule has 0 bridgehead atoms. The van der Waals surface area contributed by atoms with Crippen LogP contribution in [0.5, 0.6) is 5.75 Å². The summed E-state index contributed by atoms with van der Waals surface area (Å²) in [6, 6.07) is 25.2. The fourth-order valence-electron chi connectivity index (χ4n) is 4.01. The summed E-state index contributed by atoms with van der Waals surface area (Å²) in [7, 11) is 0. The number of fused-ring (bicyclic) bond motifs is 2. The van der Waals surface area contributed by atoms with Crippen molar-refractivity contribution in [3.8, 4) is 5.75 Å². The minimum absolute atomic E-state index is 0.118. The summed E-state index contributed by atoms with van der Waals surface area (Å²) in [6.07, 6.45) is 1.48. The van der Waals surface area contributed by atoms with Crippen LogP contribution < -0.4 is 10.3 Å². The maximum absolute atomic E-state index is 12.7. The predicted molar refractivity (Wildman–Crippen MR) is 131 cm³/mol. The standard InChI is InChI=1S/C26H20BrN3O2/c27-21-8-10-22(11-9-21)30-15-19-6-5-18(13-20(19)16-30)26(32)29-28-14-24-23-4-2-1-3-17(23)7-12-25(24)31/h1-14,31H,15-16H2,(H,29,32)/b28-14+. The number of carbonyl (C=O) groups excluding carboxylic acids is 1. The van der Waals surface area contributed by atoms with E-state index in [0.29, 0.717) is 11.1 Å². The van der Waals surface area contributed by atoms with E-state index in [4.69, 9.17) is 0 Å². The third-order valence-electron chi connectivity index (χ3n) is 5.69. The van der Waals surface area contributed by atoms with E-state index < -0.39 is 0 Å². The zero-order chi connectivity index (χ0) is 22.1. The van der Waals surface area contributed by atoms with Crippen molar-refractivity contribution in [2.24, 2.45) is 5.10 Å². The fraction of sp³-hybridized carbons (Fsp3) is 0.0769. The molecule has 4 aromatic carbocycles. The number of rotatable bonds is 4. The smallest absolute Gasteiger partial charge is 0.271 e. The van der Waals surface area contributed by atoms with E-state index >= 15 is 0 Å². The third-order valence-corrected chi connectivity index (χ3v) is 6.22. The molecule has 1 aliphatic rings. The minimum atomic E-state index is -0.286. The second-order valence-electron chi connectivity index (χ2n) is 7.73. The zero-order valence-electron chi connectivity index (χ0n) is 17.1. The molecule has 0 fully saturated rings. The topological polar surface area (TPSA) is 64.9 Å². The van der Waals surface area contributed by atoms with Gasteiger partial charge in [-0.2, -0.15) is 5.10 Å². The molecule has 5 nitrogen and oxygen atoms in total. The molecule has 0 spiro atoms. The molecule has 0 radical (unpaired) electrons. The number of hydrogen-bond acceptors (Lipinski definition) is 4. The lowest BCUT2D eigenvalue weighted by atomic mass is 10.0. The molecule has 0 aromatic heterocycles. The number of amides is 1. The van der Waals surface area contributed by atoms with Crippen molar-refractivity contribution in [3.05, 3.63) is 106 Å². The number of nitrogens with one attached hydrogen (secondary N) is 1. The SMILES string of the molecule is O=C(N/N=C/c1c(O)ccc2ccccc12)c1ccc2c(c1)CN(c1ccc(Br)cc1)C2. The Labute approximate surface area is 194 Å². The van der Waals surface area contributed by atoms with Gasteiger partial charge in [0, 0.05) is 34.4 Å². The van der Waals surface area contributed by atoms with Crippen molar-refractivity contribution in [1.82, 2.24) is 5.43 Å². The zero-order valence-corrected chi connectivity index (χ0v) is 18.7. The second-order valence-corrected chi connectivity index (χ2v) is 8.65. The Morgan fingerprint density at radius 3 is 2.59 bits per heavy atom. The lowest BCUT2D eigenvalue weighted by molar-refractivity contribution is 0.0955. The molecule has 0 saturated heterocycles. The number of aromatic hydroxyl groups is 1. The van der Waals surface area contributed by atoms with Crippen LogP contribution in [0.25, 0.3) is 10.8 Å². The van der Waals surface area contributed by atoms with Crippen LogP contribution in [0.2, 0.25) is 0 Å². The van der Waals surface area contributed by atoms with Crippen LogP contribution >= 0.6 is 15.9 Å². The molecule has 158 valence electrons. The number of hydrazone groups is 1. The molecule has 0 atom stereocenters. The summed E-state index contributed by atoms with van der Waals surface area (Å²) in [5, 5.41) is 16.2. The van der Waals surface area contributed by atoms with Crippen LogP contribution in [0.3, 0.4) is 0 Å². The molecule has 0 aliphatic carbocycles. The quantitative estimate of drug-likeness (QED) is 0.292. The maximum Gasteiger partial charge on any atom is 0.271 e. The molecule has 1 amide bonds. The van der Waals surface area contributed by atoms with Gasteiger partial charge in [-0.05, 0) is 64.4 Å². The van der Waals surface area contributed by atoms with E-state index in [1.807, 2.05) is 60.7 Å². The summed E-state index contributed by atoms with van der Waals surface area (Å²) in [4.78, 5) is 14.9. The highest BCUT2D eigenvalue weighted by Crippen LogP contribution is 2.30. The van der Waals surface area contributed by atoms with Crippen LogP contribution in [-0.2, 0) is 13.1 Å². The molecule has 0 saturated carbocycles. The molecule has 6 heteroatoms. The van der Waals surface area contributed by atoms with Crippen LogP contribution in [0.4, 0.5) is 5.69 Å². The van der Waals surface area contributed by atoms with Gasteiger partial charge in [-0.1, -0.05) is 52.3 Å². The fourth-order valence-corrected chi connectivity index (χ4v) is 4.27. The first-order valence-electron chi connectivity index (χ1n) is 10.2. The van der Waals surface area contributed by atoms with Crippen molar-refractivity contribution < 1.29 is 9.90 Å². The Kier molecular flexibility index (Phi) is 5.37. The summed E-state index contributed by atoms with van der Waals surface area (Å²) >= 11 is 3.47. The van der Waals surface area contributed by atoms with Gasteiger partial charge in [0.05, 0.1) is 6.21 Å². The van der Waals surface area contributed by atoms with Crippen molar-refractivity contribution in [1.29, 1.82) is 0 Å². The first-order chi connectivity index (χ1) is 15.6. The van der Waals surface area contributed by atoms with Gasteiger partial charge in [-0.15, -0.1) is 0 Å². The predicted octanol–water partition coefficient (Wildman–Crippen LogP) is 5.59. The van der Waals surface area contributed by atoms with Gasteiger partial charge in [0.25, 0.3) is 5.91 Å². The van der Waals surface area contributed by atoms with Crippen LogP contribution in [-0.4, -0.2) is 17.2 Å². The molecule has 2 N–H and O–H groups in total. The summed E-state index contributed by atoms with van der Waals surface area (Å²) in [6.45, 7) is 1.57. The van der Waals surface area contributed by atoms with Gasteiger partial charge in [-0.25, -0.2) is 5.43 Å². The third kappa shape index (κ3) is 3.97. The highest BCUT2D eigenvalue weighted by molar-refractivity contribution is 9.10. The first-order valence-corrected chi connectivity index (χ1v) is 11.0. The molecule has 1 heterocycles. The van der Waals surface area contributed by atoms with Gasteiger partial charge >= 0.3 is 0 Å². The normalized spacial score (nSPS) is 13.0. The number of hydrogen-bond donors (Lipinski definition) is 2. The van der Waals surface area contributed by atoms with Crippen molar-refractivity contribution >= 4 is 44.5 Å². The number of carbonyl (C=O) groups is 1. The molecule has 0 unspecified atom stereocenters. The Morgan fingerprint density at radius 2 is 1.75 bits per heavy atom. The Morgan fingerprint density at radius 1 is 0.969 bits per heavy atom. The lowest BCUT2D eigenvalue weighted by Crippen LogP contribution is -2.18. The van der Waals surface area contributed by atoms with E-state index in [1.54, 1.807) is 6.07 Å². The average Bonchev–Trinajstić information content (AvgIpc) is 3.24. The van der Waals surface area contributed by atoms with E-state index in [9.17, 15) is 9.90 Å². The number of benzene rings is 4. The highest BCUT2D eigenvalue weighted by atomic mass is 79.9. The van der Waals surface area contributed by atoms with Crippen LogP contribution in [0.15, 0.2) is 88.4 Å². The second kappa shape index (κ2) is 8.48. The van der Waals surface area contributed by atoms with Crippen LogP contribution in [0.1, 0.15) is 27.0 Å².